The van der Waals surface area contributed by atoms with Gasteiger partial charge in [0.1, 0.15) is 6.61 Å². The van der Waals surface area contributed by atoms with Crippen molar-refractivity contribution in [2.45, 2.75) is 136 Å². The molecule has 0 fully saturated rings. The molecule has 0 radical (unpaired) electrons. The molecule has 36 heavy (non-hydrogen) atoms. The fraction of sp³-hybridized carbons (Fsp3) is 0.857. The maximum Gasteiger partial charge on any atom is 0.328 e. The summed E-state index contributed by atoms with van der Waals surface area (Å²) in [6.07, 6.45) is 20.8. The topological polar surface area (TPSA) is 99.1 Å². The average molecular weight is 531 g/mol. The molecular formula is C28H51O7P. The third-order valence-corrected chi connectivity index (χ3v) is 7.36. The van der Waals surface area contributed by atoms with Gasteiger partial charge in [-0.1, -0.05) is 90.9 Å². The molecule has 0 rings (SSSR count). The second-order valence-electron chi connectivity index (χ2n) is 9.50. The average Bonchev–Trinajstić information content (AvgIpc) is 2.84. The predicted molar refractivity (Wildman–Crippen MR) is 145 cm³/mol. The van der Waals surface area contributed by atoms with Crippen LogP contribution >= 0.6 is 7.60 Å². The maximum atomic E-state index is 12.3. The molecule has 0 bridgehead atoms. The van der Waals surface area contributed by atoms with E-state index in [1.165, 1.54) is 51.4 Å². The smallest absolute Gasteiger partial charge is 0.328 e. The summed E-state index contributed by atoms with van der Waals surface area (Å²) in [4.78, 5) is 34.5. The van der Waals surface area contributed by atoms with Crippen LogP contribution in [0.5, 0.6) is 0 Å². The van der Waals surface area contributed by atoms with Crippen LogP contribution in [0.2, 0.25) is 0 Å². The largest absolute Gasteiger partial charge is 0.462 e. The minimum Gasteiger partial charge on any atom is -0.462 e. The highest BCUT2D eigenvalue weighted by atomic mass is 31.2. The lowest BCUT2D eigenvalue weighted by Crippen LogP contribution is -2.29. The van der Waals surface area contributed by atoms with Crippen LogP contribution in [0, 0.1) is 12.3 Å². The van der Waals surface area contributed by atoms with Crippen LogP contribution < -0.4 is 0 Å². The van der Waals surface area contributed by atoms with Crippen LogP contribution in [0.1, 0.15) is 129 Å². The van der Waals surface area contributed by atoms with Gasteiger partial charge in [-0.2, -0.15) is 0 Å². The van der Waals surface area contributed by atoms with Crippen molar-refractivity contribution in [1.82, 2.24) is 0 Å². The van der Waals surface area contributed by atoms with E-state index in [0.29, 0.717) is 19.3 Å². The van der Waals surface area contributed by atoms with Crippen molar-refractivity contribution in [1.29, 1.82) is 0 Å². The Balaban J connectivity index is 4.47. The number of hydrogen-bond acceptors (Lipinski definition) is 6. The van der Waals surface area contributed by atoms with Crippen LogP contribution in [-0.4, -0.2) is 42.3 Å². The second-order valence-corrected chi connectivity index (χ2v) is 11.5. The molecule has 1 N–H and O–H groups in total. The van der Waals surface area contributed by atoms with Gasteiger partial charge < -0.3 is 18.9 Å². The lowest BCUT2D eigenvalue weighted by Gasteiger charge is -2.20. The number of hydrogen-bond donors (Lipinski definition) is 1. The van der Waals surface area contributed by atoms with Crippen LogP contribution in [0.25, 0.3) is 0 Å². The van der Waals surface area contributed by atoms with E-state index >= 15 is 0 Å². The summed E-state index contributed by atoms with van der Waals surface area (Å²) < 4.78 is 28.1. The summed E-state index contributed by atoms with van der Waals surface area (Å²) >= 11 is 0. The molecule has 0 amide bonds. The Morgan fingerprint density at radius 1 is 0.778 bits per heavy atom. The van der Waals surface area contributed by atoms with Gasteiger partial charge in [0.05, 0.1) is 12.8 Å². The van der Waals surface area contributed by atoms with E-state index in [9.17, 15) is 19.0 Å². The molecule has 0 aromatic heterocycles. The highest BCUT2D eigenvalue weighted by Crippen LogP contribution is 2.42. The molecule has 2 atom stereocenters. The highest BCUT2D eigenvalue weighted by Gasteiger charge is 2.24. The molecular weight excluding hydrogens is 479 g/mol. The van der Waals surface area contributed by atoms with Crippen LogP contribution in [0.3, 0.4) is 0 Å². The number of unbranched alkanes of at least 4 members (excludes halogenated alkanes) is 13. The maximum absolute atomic E-state index is 12.3. The van der Waals surface area contributed by atoms with Crippen molar-refractivity contribution in [3.05, 3.63) is 0 Å². The van der Waals surface area contributed by atoms with Crippen molar-refractivity contribution < 1.29 is 33.0 Å². The first-order valence-electron chi connectivity index (χ1n) is 14.1. The van der Waals surface area contributed by atoms with Gasteiger partial charge in [-0.05, 0) is 19.3 Å². The molecule has 0 spiro atoms. The van der Waals surface area contributed by atoms with Crippen molar-refractivity contribution in [3.8, 4) is 12.3 Å². The van der Waals surface area contributed by atoms with E-state index in [4.69, 9.17) is 20.4 Å². The fourth-order valence-electron chi connectivity index (χ4n) is 3.72. The van der Waals surface area contributed by atoms with Gasteiger partial charge in [-0.3, -0.25) is 14.2 Å². The molecule has 0 aliphatic heterocycles. The molecule has 0 saturated heterocycles. The third-order valence-electron chi connectivity index (χ3n) is 5.92. The first-order valence-corrected chi connectivity index (χ1v) is 15.9. The van der Waals surface area contributed by atoms with Crippen LogP contribution in [0.4, 0.5) is 0 Å². The number of carbonyl (C=O) groups is 2. The van der Waals surface area contributed by atoms with Gasteiger partial charge in [0, 0.05) is 19.3 Å². The second kappa shape index (κ2) is 24.0. The summed E-state index contributed by atoms with van der Waals surface area (Å²) in [6, 6.07) is 0. The zero-order valence-electron chi connectivity index (χ0n) is 22.8. The standard InChI is InChI=1S/C28H51O7P/c1-4-7-10-12-14-16-18-21-27(29)33-24-26(25-34-36(31,32)23-20-9-6-3)35-28(30)22-19-17-15-13-11-8-5-2/h3,26H,4-5,7-25H2,1-2H3,(H,31,32). The van der Waals surface area contributed by atoms with Crippen LogP contribution in [0.15, 0.2) is 0 Å². The quantitative estimate of drug-likeness (QED) is 0.0570. The monoisotopic (exact) mass is 530 g/mol. The summed E-state index contributed by atoms with van der Waals surface area (Å²) in [5.41, 5.74) is 0. The van der Waals surface area contributed by atoms with E-state index in [2.05, 4.69) is 19.8 Å². The Hall–Kier alpha value is -1.35. The number of carbonyl (C=O) groups excluding carboxylic acids is 2. The van der Waals surface area contributed by atoms with Crippen molar-refractivity contribution >= 4 is 19.5 Å². The highest BCUT2D eigenvalue weighted by molar-refractivity contribution is 7.52. The van der Waals surface area contributed by atoms with Gasteiger partial charge in [-0.15, -0.1) is 12.3 Å². The van der Waals surface area contributed by atoms with Gasteiger partial charge in [0.25, 0.3) is 0 Å². The molecule has 0 aliphatic carbocycles. The van der Waals surface area contributed by atoms with Crippen molar-refractivity contribution in [3.63, 3.8) is 0 Å². The third kappa shape index (κ3) is 23.1. The normalized spacial score (nSPS) is 13.5. The molecule has 0 saturated carbocycles. The Morgan fingerprint density at radius 2 is 1.28 bits per heavy atom. The zero-order valence-corrected chi connectivity index (χ0v) is 23.7. The predicted octanol–water partition coefficient (Wildman–Crippen LogP) is 7.34. The summed E-state index contributed by atoms with van der Waals surface area (Å²) in [6.45, 7) is 3.86. The van der Waals surface area contributed by atoms with Gasteiger partial charge in [0.2, 0.25) is 0 Å². The molecule has 0 aromatic carbocycles. The first kappa shape index (κ1) is 34.6. The molecule has 7 nitrogen and oxygen atoms in total. The van der Waals surface area contributed by atoms with E-state index in [-0.39, 0.29) is 31.8 Å². The minimum atomic E-state index is -3.87. The van der Waals surface area contributed by atoms with Crippen LogP contribution in [-0.2, 0) is 28.2 Å². The fourth-order valence-corrected chi connectivity index (χ4v) is 4.80. The van der Waals surface area contributed by atoms with Crippen molar-refractivity contribution in [2.75, 3.05) is 19.4 Å². The SMILES string of the molecule is C#CCCCP(=O)(O)OCC(COC(=O)CCCCCCCCC)OC(=O)CCCCCCCCC. The zero-order chi connectivity index (χ0) is 26.9. The van der Waals surface area contributed by atoms with Gasteiger partial charge in [0.15, 0.2) is 6.10 Å². The number of ether oxygens (including phenoxy) is 2. The Bertz CT molecular complexity index is 644. The lowest BCUT2D eigenvalue weighted by molar-refractivity contribution is -0.161. The minimum absolute atomic E-state index is 0.0755. The summed E-state index contributed by atoms with van der Waals surface area (Å²) in [7, 11) is -3.87. The Labute approximate surface area is 220 Å². The van der Waals surface area contributed by atoms with E-state index in [1.54, 1.807) is 0 Å². The van der Waals surface area contributed by atoms with E-state index in [1.807, 2.05) is 0 Å². The molecule has 8 heteroatoms. The molecule has 0 heterocycles. The molecule has 0 aliphatic rings. The molecule has 210 valence electrons. The summed E-state index contributed by atoms with van der Waals surface area (Å²) in [5, 5.41) is 0. The Kier molecular flexibility index (Phi) is 23.1. The number of terminal acetylenes is 1. The Morgan fingerprint density at radius 3 is 1.81 bits per heavy atom. The molecule has 0 aromatic rings. The van der Waals surface area contributed by atoms with E-state index < -0.39 is 19.7 Å². The first-order chi connectivity index (χ1) is 17.3. The lowest BCUT2D eigenvalue weighted by atomic mass is 10.1. The molecule has 2 unspecified atom stereocenters. The van der Waals surface area contributed by atoms with Gasteiger partial charge >= 0.3 is 19.5 Å². The number of esters is 2. The summed E-state index contributed by atoms with van der Waals surface area (Å²) in [5.74, 6) is 1.64. The number of rotatable bonds is 25. The van der Waals surface area contributed by atoms with E-state index in [0.717, 1.165) is 38.5 Å². The van der Waals surface area contributed by atoms with Crippen molar-refractivity contribution in [2.24, 2.45) is 0 Å². The van der Waals surface area contributed by atoms with Gasteiger partial charge in [-0.25, -0.2) is 0 Å².